The van der Waals surface area contributed by atoms with E-state index in [2.05, 4.69) is 58.3 Å². The van der Waals surface area contributed by atoms with E-state index in [-0.39, 0.29) is 0 Å². The molecule has 0 aliphatic carbocycles. The molecule has 0 bridgehead atoms. The van der Waals surface area contributed by atoms with Crippen molar-refractivity contribution in [2.75, 3.05) is 11.9 Å². The highest BCUT2D eigenvalue weighted by Gasteiger charge is 2.23. The molecular formula is C29H19Cl2N3O. The summed E-state index contributed by atoms with van der Waals surface area (Å²) < 4.78 is 6.48. The van der Waals surface area contributed by atoms with Gasteiger partial charge in [0.15, 0.2) is 11.5 Å². The molecule has 170 valence electrons. The van der Waals surface area contributed by atoms with Crippen LogP contribution >= 0.6 is 23.2 Å². The molecule has 0 saturated carbocycles. The summed E-state index contributed by atoms with van der Waals surface area (Å²) in [5, 5.41) is 3.60. The first-order valence-electron chi connectivity index (χ1n) is 11.3. The lowest BCUT2D eigenvalue weighted by atomic mass is 10.0. The number of halogens is 2. The van der Waals surface area contributed by atoms with Crippen LogP contribution in [0.15, 0.2) is 85.2 Å². The lowest BCUT2D eigenvalue weighted by molar-refractivity contribution is 0.476. The minimum Gasteiger partial charge on any atom is -0.453 e. The number of fused-ring (bicyclic) bond motifs is 4. The van der Waals surface area contributed by atoms with Crippen molar-refractivity contribution >= 4 is 56.4 Å². The van der Waals surface area contributed by atoms with Gasteiger partial charge in [0.25, 0.3) is 0 Å². The van der Waals surface area contributed by atoms with E-state index in [9.17, 15) is 0 Å². The van der Waals surface area contributed by atoms with E-state index in [0.717, 1.165) is 66.9 Å². The SMILES string of the molecule is CN1c2ccc(-c3c[nH]c4ccc(Cl)cc34)cc2Oc2cc(-c3c[nH]c4ccc(Cl)cc34)ccc21. The lowest BCUT2D eigenvalue weighted by Gasteiger charge is -2.30. The zero-order valence-corrected chi connectivity index (χ0v) is 20.2. The molecule has 2 aromatic heterocycles. The molecule has 4 nitrogen and oxygen atoms in total. The van der Waals surface area contributed by atoms with Gasteiger partial charge in [0.1, 0.15) is 0 Å². The van der Waals surface area contributed by atoms with Crippen molar-refractivity contribution in [3.05, 3.63) is 95.2 Å². The number of hydrogen-bond acceptors (Lipinski definition) is 2. The average Bonchev–Trinajstić information content (AvgIpc) is 3.47. The van der Waals surface area contributed by atoms with Crippen molar-refractivity contribution in [1.29, 1.82) is 0 Å². The number of nitrogens with one attached hydrogen (secondary N) is 2. The highest BCUT2D eigenvalue weighted by atomic mass is 35.5. The van der Waals surface area contributed by atoms with Crippen LogP contribution in [0.25, 0.3) is 44.1 Å². The Morgan fingerprint density at radius 2 is 1.11 bits per heavy atom. The quantitative estimate of drug-likeness (QED) is 0.251. The fourth-order valence-corrected chi connectivity index (χ4v) is 5.34. The molecular weight excluding hydrogens is 477 g/mol. The molecule has 1 aliphatic rings. The average molecular weight is 496 g/mol. The van der Waals surface area contributed by atoms with Crippen LogP contribution in [0.1, 0.15) is 0 Å². The van der Waals surface area contributed by atoms with Gasteiger partial charge in [-0.3, -0.25) is 0 Å². The summed E-state index contributed by atoms with van der Waals surface area (Å²) in [4.78, 5) is 8.84. The number of hydrogen-bond donors (Lipinski definition) is 2. The number of ether oxygens (including phenoxy) is 1. The summed E-state index contributed by atoms with van der Waals surface area (Å²) in [6.07, 6.45) is 4.03. The zero-order valence-electron chi connectivity index (χ0n) is 18.7. The fourth-order valence-electron chi connectivity index (χ4n) is 4.99. The second-order valence-corrected chi connectivity index (χ2v) is 9.68. The highest BCUT2D eigenvalue weighted by molar-refractivity contribution is 6.32. The summed E-state index contributed by atoms with van der Waals surface area (Å²) in [6, 6.07) is 24.4. The third-order valence-electron chi connectivity index (χ3n) is 6.77. The zero-order chi connectivity index (χ0) is 23.7. The Bertz CT molecular complexity index is 1650. The van der Waals surface area contributed by atoms with Gasteiger partial charge in [0.2, 0.25) is 0 Å². The Labute approximate surface area is 211 Å². The van der Waals surface area contributed by atoms with E-state index in [1.54, 1.807) is 0 Å². The third kappa shape index (κ3) is 3.22. The summed E-state index contributed by atoms with van der Waals surface area (Å²) in [5.74, 6) is 1.63. The number of aromatic amines is 2. The molecule has 0 saturated heterocycles. The number of nitrogens with zero attached hydrogens (tertiary/aromatic N) is 1. The second kappa shape index (κ2) is 7.57. The van der Waals surface area contributed by atoms with Crippen LogP contribution in [0.4, 0.5) is 11.4 Å². The molecule has 0 atom stereocenters. The second-order valence-electron chi connectivity index (χ2n) is 8.81. The molecule has 6 heteroatoms. The van der Waals surface area contributed by atoms with Gasteiger partial charge in [0, 0.05) is 62.4 Å². The van der Waals surface area contributed by atoms with E-state index in [1.165, 1.54) is 0 Å². The Kier molecular flexibility index (Phi) is 4.44. The van der Waals surface area contributed by atoms with Crippen LogP contribution < -0.4 is 9.64 Å². The van der Waals surface area contributed by atoms with Gasteiger partial charge < -0.3 is 19.6 Å². The maximum atomic E-state index is 6.48. The van der Waals surface area contributed by atoms with Crippen LogP contribution in [0.3, 0.4) is 0 Å². The molecule has 7 rings (SSSR count). The standard InChI is InChI=1S/C29H19Cl2N3O/c1-34-26-8-2-16(22-14-32-24-6-4-18(30)12-20(22)24)10-28(26)35-29-11-17(3-9-27(29)34)23-15-33-25-7-5-19(31)13-21(23)25/h2-15,32-33H,1H3. The highest BCUT2D eigenvalue weighted by Crippen LogP contribution is 2.49. The third-order valence-corrected chi connectivity index (χ3v) is 7.24. The largest absolute Gasteiger partial charge is 0.453 e. The van der Waals surface area contributed by atoms with Gasteiger partial charge in [-0.1, -0.05) is 35.3 Å². The van der Waals surface area contributed by atoms with Crippen molar-refractivity contribution < 1.29 is 4.74 Å². The Balaban J connectivity index is 1.31. The lowest BCUT2D eigenvalue weighted by Crippen LogP contribution is -2.15. The van der Waals surface area contributed by atoms with Crippen molar-refractivity contribution in [3.8, 4) is 33.8 Å². The number of anilines is 2. The number of H-pyrrole nitrogens is 2. The van der Waals surface area contributed by atoms with Gasteiger partial charge >= 0.3 is 0 Å². The summed E-state index contributed by atoms with van der Waals surface area (Å²) in [6.45, 7) is 0. The molecule has 0 spiro atoms. The minimum absolute atomic E-state index is 0.715. The molecule has 0 amide bonds. The van der Waals surface area contributed by atoms with Gasteiger partial charge in [-0.05, 0) is 71.8 Å². The van der Waals surface area contributed by atoms with Crippen molar-refractivity contribution in [1.82, 2.24) is 9.97 Å². The van der Waals surface area contributed by atoms with Crippen LogP contribution in [0, 0.1) is 0 Å². The predicted octanol–water partition coefficient (Wildman–Crippen LogP) is 9.16. The maximum Gasteiger partial charge on any atom is 0.151 e. The molecule has 35 heavy (non-hydrogen) atoms. The molecule has 0 unspecified atom stereocenters. The number of aromatic nitrogens is 2. The van der Waals surface area contributed by atoms with Gasteiger partial charge in [-0.25, -0.2) is 0 Å². The normalized spacial score (nSPS) is 12.6. The number of benzene rings is 4. The molecule has 0 radical (unpaired) electrons. The van der Waals surface area contributed by atoms with Crippen molar-refractivity contribution in [2.24, 2.45) is 0 Å². The van der Waals surface area contributed by atoms with E-state index in [1.807, 2.05) is 48.8 Å². The Hall–Kier alpha value is -3.86. The Morgan fingerprint density at radius 3 is 1.60 bits per heavy atom. The molecule has 0 fully saturated rings. The summed E-state index contributed by atoms with van der Waals surface area (Å²) >= 11 is 12.5. The van der Waals surface area contributed by atoms with Crippen LogP contribution in [0.5, 0.6) is 11.5 Å². The van der Waals surface area contributed by atoms with E-state index >= 15 is 0 Å². The smallest absolute Gasteiger partial charge is 0.151 e. The molecule has 2 N–H and O–H groups in total. The van der Waals surface area contributed by atoms with Crippen LogP contribution in [-0.4, -0.2) is 17.0 Å². The molecule has 6 aromatic rings. The maximum absolute atomic E-state index is 6.48. The van der Waals surface area contributed by atoms with Crippen LogP contribution in [0.2, 0.25) is 10.0 Å². The minimum atomic E-state index is 0.715. The van der Waals surface area contributed by atoms with E-state index < -0.39 is 0 Å². The molecule has 3 heterocycles. The van der Waals surface area contributed by atoms with Gasteiger partial charge in [0.05, 0.1) is 11.4 Å². The predicted molar refractivity (Wildman–Crippen MR) is 146 cm³/mol. The summed E-state index contributed by atoms with van der Waals surface area (Å²) in [7, 11) is 2.07. The van der Waals surface area contributed by atoms with Gasteiger partial charge in [-0.2, -0.15) is 0 Å². The first kappa shape index (κ1) is 20.5. The number of rotatable bonds is 2. The first-order chi connectivity index (χ1) is 17.0. The monoisotopic (exact) mass is 495 g/mol. The van der Waals surface area contributed by atoms with E-state index in [0.29, 0.717) is 10.0 Å². The van der Waals surface area contributed by atoms with Crippen molar-refractivity contribution in [2.45, 2.75) is 0 Å². The summed E-state index contributed by atoms with van der Waals surface area (Å²) in [5.41, 5.74) is 8.45. The van der Waals surface area contributed by atoms with Crippen LogP contribution in [-0.2, 0) is 0 Å². The van der Waals surface area contributed by atoms with Crippen molar-refractivity contribution in [3.63, 3.8) is 0 Å². The van der Waals surface area contributed by atoms with E-state index in [4.69, 9.17) is 27.9 Å². The fraction of sp³-hybridized carbons (Fsp3) is 0.0345. The Morgan fingerprint density at radius 1 is 0.629 bits per heavy atom. The topological polar surface area (TPSA) is 44.0 Å². The van der Waals surface area contributed by atoms with Gasteiger partial charge in [-0.15, -0.1) is 0 Å². The molecule has 4 aromatic carbocycles. The first-order valence-corrected chi connectivity index (χ1v) is 12.0. The molecule has 1 aliphatic heterocycles.